The van der Waals surface area contributed by atoms with Crippen LogP contribution in [-0.2, 0) is 4.79 Å². The number of nitrogen functional groups attached to an aromatic ring is 1. The number of carbonyl (C=O) groups excluding carboxylic acids is 2. The second kappa shape index (κ2) is 9.60. The molecule has 1 saturated heterocycles. The number of hydrogen-bond acceptors (Lipinski definition) is 7. The highest BCUT2D eigenvalue weighted by molar-refractivity contribution is 6.30. The second-order valence-corrected chi connectivity index (χ2v) is 9.38. The number of nitrogens with zero attached hydrogens (tertiary/aromatic N) is 3. The van der Waals surface area contributed by atoms with Gasteiger partial charge in [0.1, 0.15) is 22.8 Å². The van der Waals surface area contributed by atoms with Crippen molar-refractivity contribution in [1.29, 1.82) is 0 Å². The van der Waals surface area contributed by atoms with Crippen molar-refractivity contribution in [1.82, 2.24) is 14.9 Å². The van der Waals surface area contributed by atoms with Crippen molar-refractivity contribution < 1.29 is 14.0 Å². The Morgan fingerprint density at radius 3 is 2.53 bits per heavy atom. The number of hydrogen-bond donors (Lipinski definition) is 3. The second-order valence-electron chi connectivity index (χ2n) is 8.94. The molecular weight excluding hydrogens is 456 g/mol. The van der Waals surface area contributed by atoms with Gasteiger partial charge in [0.05, 0.1) is 5.02 Å². The topological polar surface area (TPSA) is 126 Å². The maximum absolute atomic E-state index is 13.2. The molecule has 178 valence electrons. The van der Waals surface area contributed by atoms with Crippen LogP contribution in [0.5, 0.6) is 0 Å². The van der Waals surface area contributed by atoms with Crippen LogP contribution in [0.15, 0.2) is 34.9 Å². The Balaban J connectivity index is 1.35. The van der Waals surface area contributed by atoms with Gasteiger partial charge in [0.2, 0.25) is 11.7 Å². The summed E-state index contributed by atoms with van der Waals surface area (Å²) in [6.07, 6.45) is 7.60. The molecule has 0 bridgehead atoms. The Kier molecular flexibility index (Phi) is 6.38. The quantitative estimate of drug-likeness (QED) is 0.494. The minimum absolute atomic E-state index is 0.0519. The summed E-state index contributed by atoms with van der Waals surface area (Å²) in [5, 5.41) is 6.05. The number of halogens is 1. The Labute approximate surface area is 202 Å². The maximum atomic E-state index is 13.2. The lowest BCUT2D eigenvalue weighted by Gasteiger charge is -2.33. The molecule has 2 amide bonds. The molecule has 0 unspecified atom stereocenters. The lowest BCUT2D eigenvalue weighted by atomic mass is 9.85. The molecule has 3 aromatic rings. The fraction of sp³-hybridized carbons (Fsp3) is 0.417. The third-order valence-electron chi connectivity index (χ3n) is 6.70. The molecule has 0 atom stereocenters. The van der Waals surface area contributed by atoms with Gasteiger partial charge in [-0.1, -0.05) is 11.6 Å². The fourth-order valence-corrected chi connectivity index (χ4v) is 5.04. The summed E-state index contributed by atoms with van der Waals surface area (Å²) in [6.45, 7) is 2.33. The summed E-state index contributed by atoms with van der Waals surface area (Å²) >= 11 is 5.87. The molecule has 2 aliphatic rings. The maximum Gasteiger partial charge on any atom is 0.294 e. The van der Waals surface area contributed by atoms with Crippen molar-refractivity contribution in [2.45, 2.75) is 44.6 Å². The molecule has 1 aliphatic heterocycles. The first-order chi connectivity index (χ1) is 16.5. The summed E-state index contributed by atoms with van der Waals surface area (Å²) in [7, 11) is 0. The number of nitrogens with two attached hydrogens (primary N) is 1. The van der Waals surface area contributed by atoms with Crippen LogP contribution < -0.4 is 16.4 Å². The summed E-state index contributed by atoms with van der Waals surface area (Å²) in [4.78, 5) is 37.2. The average molecular weight is 483 g/mol. The molecule has 0 radical (unpaired) electrons. The number of fused-ring (bicyclic) bond motifs is 1. The van der Waals surface area contributed by atoms with E-state index >= 15 is 0 Å². The van der Waals surface area contributed by atoms with Gasteiger partial charge in [-0.3, -0.25) is 9.59 Å². The van der Waals surface area contributed by atoms with Crippen LogP contribution in [0.2, 0.25) is 5.02 Å². The highest BCUT2D eigenvalue weighted by Crippen LogP contribution is 2.34. The summed E-state index contributed by atoms with van der Waals surface area (Å²) < 4.78 is 5.78. The molecule has 4 N–H and O–H groups in total. The zero-order valence-electron chi connectivity index (χ0n) is 18.7. The van der Waals surface area contributed by atoms with Crippen LogP contribution in [0.3, 0.4) is 0 Å². The standard InChI is InChI=1S/C24H27ClN6O3/c25-15-5-10-19(27-13-15)29-24(33)22-21(20-17(34-22)8-9-18(26)28-20)30-23(32)14-3-6-16(7-4-14)31-11-1-2-12-31/h5,8-10,13-14,16H,1-4,6-7,11-12H2,(H2,26,28)(H,30,32)(H,27,29,33). The lowest BCUT2D eigenvalue weighted by Crippen LogP contribution is -2.38. The number of carbonyl (C=O) groups is 2. The molecule has 1 saturated carbocycles. The van der Waals surface area contributed by atoms with E-state index < -0.39 is 5.91 Å². The smallest absolute Gasteiger partial charge is 0.294 e. The molecule has 3 aromatic heterocycles. The van der Waals surface area contributed by atoms with Gasteiger partial charge in [-0.25, -0.2) is 9.97 Å². The predicted molar refractivity (Wildman–Crippen MR) is 131 cm³/mol. The number of amides is 2. The van der Waals surface area contributed by atoms with Crippen molar-refractivity contribution in [3.63, 3.8) is 0 Å². The van der Waals surface area contributed by atoms with Crippen LogP contribution in [0.25, 0.3) is 11.1 Å². The zero-order valence-corrected chi connectivity index (χ0v) is 19.5. The van der Waals surface area contributed by atoms with Gasteiger partial charge in [0.25, 0.3) is 5.91 Å². The average Bonchev–Trinajstić information content (AvgIpc) is 3.49. The number of pyridine rings is 2. The van der Waals surface area contributed by atoms with Crippen molar-refractivity contribution >= 4 is 51.8 Å². The number of furan rings is 1. The van der Waals surface area contributed by atoms with E-state index in [9.17, 15) is 9.59 Å². The van der Waals surface area contributed by atoms with E-state index in [-0.39, 0.29) is 29.1 Å². The monoisotopic (exact) mass is 482 g/mol. The molecule has 34 heavy (non-hydrogen) atoms. The normalized spacial score (nSPS) is 21.0. The van der Waals surface area contributed by atoms with Crippen molar-refractivity contribution in [2.75, 3.05) is 29.5 Å². The molecular formula is C24H27ClN6O3. The minimum atomic E-state index is -0.556. The molecule has 5 rings (SSSR count). The predicted octanol–water partition coefficient (Wildman–Crippen LogP) is 4.30. The summed E-state index contributed by atoms with van der Waals surface area (Å²) in [6, 6.07) is 6.98. The van der Waals surface area contributed by atoms with Crippen LogP contribution in [0, 0.1) is 5.92 Å². The van der Waals surface area contributed by atoms with E-state index in [1.165, 1.54) is 19.0 Å². The van der Waals surface area contributed by atoms with Gasteiger partial charge in [-0.15, -0.1) is 0 Å². The van der Waals surface area contributed by atoms with Gasteiger partial charge < -0.3 is 25.7 Å². The highest BCUT2D eigenvalue weighted by atomic mass is 35.5. The van der Waals surface area contributed by atoms with Gasteiger partial charge in [-0.05, 0) is 75.9 Å². The van der Waals surface area contributed by atoms with Gasteiger partial charge in [-0.2, -0.15) is 0 Å². The fourth-order valence-electron chi connectivity index (χ4n) is 4.93. The van der Waals surface area contributed by atoms with Crippen LogP contribution in [0.1, 0.15) is 49.1 Å². The summed E-state index contributed by atoms with van der Waals surface area (Å²) in [5.74, 6) is -0.298. The Hall–Kier alpha value is -3.17. The zero-order chi connectivity index (χ0) is 23.7. The molecule has 0 spiro atoms. The van der Waals surface area contributed by atoms with E-state index in [0.717, 1.165) is 38.8 Å². The van der Waals surface area contributed by atoms with E-state index in [1.54, 1.807) is 24.3 Å². The first-order valence-electron chi connectivity index (χ1n) is 11.6. The molecule has 1 aliphatic carbocycles. The van der Waals surface area contributed by atoms with Crippen molar-refractivity contribution in [3.8, 4) is 0 Å². The number of rotatable bonds is 5. The first kappa shape index (κ1) is 22.6. The SMILES string of the molecule is Nc1ccc2oc(C(=O)Nc3ccc(Cl)cn3)c(NC(=O)C3CCC(N4CCCC4)CC3)c2n1. The van der Waals surface area contributed by atoms with Crippen LogP contribution in [0.4, 0.5) is 17.3 Å². The van der Waals surface area contributed by atoms with Crippen molar-refractivity contribution in [3.05, 3.63) is 41.2 Å². The highest BCUT2D eigenvalue weighted by Gasteiger charge is 2.32. The van der Waals surface area contributed by atoms with Crippen LogP contribution >= 0.6 is 11.6 Å². The molecule has 10 heteroatoms. The third kappa shape index (κ3) is 4.71. The largest absolute Gasteiger partial charge is 0.447 e. The lowest BCUT2D eigenvalue weighted by molar-refractivity contribution is -0.121. The number of nitrogens with one attached hydrogen (secondary N) is 2. The molecule has 4 heterocycles. The Morgan fingerprint density at radius 1 is 1.06 bits per heavy atom. The first-order valence-corrected chi connectivity index (χ1v) is 12.0. The molecule has 2 fully saturated rings. The molecule has 9 nitrogen and oxygen atoms in total. The minimum Gasteiger partial charge on any atom is -0.447 e. The number of likely N-dealkylation sites (tertiary alicyclic amines) is 1. The van der Waals surface area contributed by atoms with E-state index in [2.05, 4.69) is 25.5 Å². The Morgan fingerprint density at radius 2 is 1.82 bits per heavy atom. The third-order valence-corrected chi connectivity index (χ3v) is 6.93. The van der Waals surface area contributed by atoms with Gasteiger partial charge in [0, 0.05) is 18.2 Å². The van der Waals surface area contributed by atoms with Crippen molar-refractivity contribution in [2.24, 2.45) is 5.92 Å². The van der Waals surface area contributed by atoms with E-state index in [4.69, 9.17) is 21.8 Å². The van der Waals surface area contributed by atoms with E-state index in [1.807, 2.05) is 0 Å². The van der Waals surface area contributed by atoms with Gasteiger partial charge >= 0.3 is 0 Å². The van der Waals surface area contributed by atoms with Gasteiger partial charge in [0.15, 0.2) is 5.58 Å². The van der Waals surface area contributed by atoms with Crippen LogP contribution in [-0.4, -0.2) is 45.8 Å². The van der Waals surface area contributed by atoms with E-state index in [0.29, 0.717) is 28.0 Å². The number of aromatic nitrogens is 2. The number of anilines is 3. The summed E-state index contributed by atoms with van der Waals surface area (Å²) in [5.41, 5.74) is 6.79. The Bertz CT molecular complexity index is 1200. The molecule has 0 aromatic carbocycles.